The Morgan fingerprint density at radius 3 is 3.16 bits per heavy atom. The summed E-state index contributed by atoms with van der Waals surface area (Å²) in [5, 5.41) is 9.60. The number of carbonyl (C=O) groups excluding carboxylic acids is 1. The van der Waals surface area contributed by atoms with Crippen molar-refractivity contribution in [2.75, 3.05) is 11.9 Å². The fourth-order valence-corrected chi connectivity index (χ4v) is 2.18. The molecule has 2 N–H and O–H groups in total. The molecule has 0 radical (unpaired) electrons. The molecule has 0 bridgehead atoms. The summed E-state index contributed by atoms with van der Waals surface area (Å²) >= 11 is 0. The smallest absolute Gasteiger partial charge is 0.242 e. The van der Waals surface area contributed by atoms with Crippen molar-refractivity contribution in [3.8, 4) is 0 Å². The van der Waals surface area contributed by atoms with Gasteiger partial charge in [0.1, 0.15) is 6.04 Å². The van der Waals surface area contributed by atoms with E-state index in [2.05, 4.69) is 20.8 Å². The number of nitrogens with zero attached hydrogens (tertiary/aromatic N) is 2. The highest BCUT2D eigenvalue weighted by Gasteiger charge is 2.25. The summed E-state index contributed by atoms with van der Waals surface area (Å²) < 4.78 is 4.86. The van der Waals surface area contributed by atoms with Crippen LogP contribution in [0.25, 0.3) is 0 Å². The van der Waals surface area contributed by atoms with Crippen LogP contribution < -0.4 is 10.6 Å². The Hall–Kier alpha value is -2.37. The van der Waals surface area contributed by atoms with Crippen molar-refractivity contribution in [1.29, 1.82) is 0 Å². The minimum atomic E-state index is -0.194. The minimum absolute atomic E-state index is 0.00397. The second-order valence-electron chi connectivity index (χ2n) is 4.43. The van der Waals surface area contributed by atoms with E-state index in [0.29, 0.717) is 18.9 Å². The van der Waals surface area contributed by atoms with Gasteiger partial charge in [-0.3, -0.25) is 4.79 Å². The summed E-state index contributed by atoms with van der Waals surface area (Å²) in [7, 11) is 0. The number of rotatable bonds is 4. The number of fused-ring (bicyclic) bond motifs is 1. The lowest BCUT2D eigenvalue weighted by Gasteiger charge is -2.11. The number of aromatic nitrogens is 2. The summed E-state index contributed by atoms with van der Waals surface area (Å²) in [5.74, 6) is 0.527. The molecule has 1 aromatic heterocycles. The number of anilines is 1. The fraction of sp³-hybridized carbons (Fsp3) is 0.308. The third-order valence-electron chi connectivity index (χ3n) is 3.13. The Labute approximate surface area is 110 Å². The largest absolute Gasteiger partial charge is 0.373 e. The molecule has 0 saturated heterocycles. The highest BCUT2D eigenvalue weighted by atomic mass is 16.5. The van der Waals surface area contributed by atoms with Gasteiger partial charge in [-0.1, -0.05) is 23.4 Å². The number of carbonyl (C=O) groups is 1. The molecule has 1 atom stereocenters. The standard InChI is InChI=1S/C13H14N4O2/c18-13(14-6-5-12-15-8-16-19-12)11-7-9-3-1-2-4-10(9)17-11/h1-4,8,11,17H,5-7H2,(H,14,18)/t11-/m0/s1. The average Bonchev–Trinajstić information content (AvgIpc) is 3.07. The van der Waals surface area contributed by atoms with Crippen LogP contribution in [0.1, 0.15) is 11.5 Å². The van der Waals surface area contributed by atoms with E-state index >= 15 is 0 Å². The Morgan fingerprint density at radius 2 is 2.37 bits per heavy atom. The van der Waals surface area contributed by atoms with Gasteiger partial charge in [-0.15, -0.1) is 0 Å². The van der Waals surface area contributed by atoms with Crippen LogP contribution in [0.3, 0.4) is 0 Å². The van der Waals surface area contributed by atoms with E-state index in [1.165, 1.54) is 11.9 Å². The van der Waals surface area contributed by atoms with E-state index in [-0.39, 0.29) is 11.9 Å². The van der Waals surface area contributed by atoms with Gasteiger partial charge in [-0.25, -0.2) is 0 Å². The maximum absolute atomic E-state index is 12.0. The first-order chi connectivity index (χ1) is 9.33. The molecule has 3 rings (SSSR count). The zero-order valence-electron chi connectivity index (χ0n) is 10.3. The third-order valence-corrected chi connectivity index (χ3v) is 3.13. The van der Waals surface area contributed by atoms with E-state index in [4.69, 9.17) is 4.52 Å². The van der Waals surface area contributed by atoms with Gasteiger partial charge >= 0.3 is 0 Å². The van der Waals surface area contributed by atoms with Gasteiger partial charge in [0, 0.05) is 25.1 Å². The van der Waals surface area contributed by atoms with Crippen molar-refractivity contribution in [2.24, 2.45) is 0 Å². The number of para-hydroxylation sites is 1. The summed E-state index contributed by atoms with van der Waals surface area (Å²) in [5.41, 5.74) is 2.22. The molecule has 1 aromatic carbocycles. The zero-order chi connectivity index (χ0) is 13.1. The molecule has 0 unspecified atom stereocenters. The van der Waals surface area contributed by atoms with Crippen molar-refractivity contribution in [3.63, 3.8) is 0 Å². The van der Waals surface area contributed by atoms with Gasteiger partial charge < -0.3 is 15.2 Å². The fourth-order valence-electron chi connectivity index (χ4n) is 2.18. The van der Waals surface area contributed by atoms with Crippen LogP contribution in [0, 0.1) is 0 Å². The van der Waals surface area contributed by atoms with E-state index < -0.39 is 0 Å². The van der Waals surface area contributed by atoms with Crippen LogP contribution in [0.2, 0.25) is 0 Å². The molecule has 98 valence electrons. The molecule has 1 aliphatic rings. The van der Waals surface area contributed by atoms with E-state index in [1.54, 1.807) is 0 Å². The van der Waals surface area contributed by atoms with Crippen LogP contribution in [-0.4, -0.2) is 28.6 Å². The summed E-state index contributed by atoms with van der Waals surface area (Å²) in [4.78, 5) is 15.9. The molecule has 0 saturated carbocycles. The maximum atomic E-state index is 12.0. The lowest BCUT2D eigenvalue weighted by atomic mass is 10.1. The first kappa shape index (κ1) is 11.7. The average molecular weight is 258 g/mol. The Kier molecular flexibility index (Phi) is 3.14. The van der Waals surface area contributed by atoms with Crippen molar-refractivity contribution in [1.82, 2.24) is 15.5 Å². The molecule has 0 spiro atoms. The van der Waals surface area contributed by atoms with Gasteiger partial charge in [0.05, 0.1) is 0 Å². The lowest BCUT2D eigenvalue weighted by molar-refractivity contribution is -0.121. The molecule has 2 aromatic rings. The van der Waals surface area contributed by atoms with E-state index in [0.717, 1.165) is 12.1 Å². The van der Waals surface area contributed by atoms with Crippen molar-refractivity contribution in [3.05, 3.63) is 42.0 Å². The maximum Gasteiger partial charge on any atom is 0.242 e. The SMILES string of the molecule is O=C(NCCc1ncno1)[C@@H]1Cc2ccccc2N1. The van der Waals surface area contributed by atoms with Gasteiger partial charge in [0.2, 0.25) is 11.8 Å². The summed E-state index contributed by atoms with van der Waals surface area (Å²) in [6.07, 6.45) is 2.63. The molecule has 0 aliphatic carbocycles. The second kappa shape index (κ2) is 5.09. The first-order valence-corrected chi connectivity index (χ1v) is 6.20. The number of benzene rings is 1. The number of hydrogen-bond donors (Lipinski definition) is 2. The number of hydrogen-bond acceptors (Lipinski definition) is 5. The third kappa shape index (κ3) is 2.57. The van der Waals surface area contributed by atoms with Crippen LogP contribution in [0.15, 0.2) is 35.1 Å². The van der Waals surface area contributed by atoms with Gasteiger partial charge in [0.25, 0.3) is 0 Å². The van der Waals surface area contributed by atoms with Crippen LogP contribution >= 0.6 is 0 Å². The minimum Gasteiger partial charge on any atom is -0.373 e. The molecule has 0 fully saturated rings. The van der Waals surface area contributed by atoms with E-state index in [9.17, 15) is 4.79 Å². The van der Waals surface area contributed by atoms with Gasteiger partial charge in [-0.05, 0) is 11.6 Å². The first-order valence-electron chi connectivity index (χ1n) is 6.20. The highest BCUT2D eigenvalue weighted by Crippen LogP contribution is 2.24. The molecule has 6 nitrogen and oxygen atoms in total. The molecular formula is C13H14N4O2. The van der Waals surface area contributed by atoms with Crippen LogP contribution in [-0.2, 0) is 17.6 Å². The lowest BCUT2D eigenvalue weighted by Crippen LogP contribution is -2.39. The second-order valence-corrected chi connectivity index (χ2v) is 4.43. The highest BCUT2D eigenvalue weighted by molar-refractivity contribution is 5.87. The molecule has 1 aliphatic heterocycles. The molecule has 1 amide bonds. The Balaban J connectivity index is 1.50. The molecule has 6 heteroatoms. The van der Waals surface area contributed by atoms with E-state index in [1.807, 2.05) is 24.3 Å². The van der Waals surface area contributed by atoms with Gasteiger partial charge in [0.15, 0.2) is 6.33 Å². The van der Waals surface area contributed by atoms with Crippen LogP contribution in [0.4, 0.5) is 5.69 Å². The normalized spacial score (nSPS) is 16.7. The number of amides is 1. The Bertz CT molecular complexity index is 543. The topological polar surface area (TPSA) is 80.1 Å². The molecule has 2 heterocycles. The summed E-state index contributed by atoms with van der Waals surface area (Å²) in [6, 6.07) is 7.77. The summed E-state index contributed by atoms with van der Waals surface area (Å²) in [6.45, 7) is 0.496. The predicted octanol–water partition coefficient (Wildman–Crippen LogP) is 0.765. The zero-order valence-corrected chi connectivity index (χ0v) is 10.3. The van der Waals surface area contributed by atoms with Crippen LogP contribution in [0.5, 0.6) is 0 Å². The Morgan fingerprint density at radius 1 is 1.47 bits per heavy atom. The monoisotopic (exact) mass is 258 g/mol. The predicted molar refractivity (Wildman–Crippen MR) is 68.6 cm³/mol. The molecular weight excluding hydrogens is 244 g/mol. The quantitative estimate of drug-likeness (QED) is 0.846. The van der Waals surface area contributed by atoms with Crippen molar-refractivity contribution in [2.45, 2.75) is 18.9 Å². The molecule has 19 heavy (non-hydrogen) atoms. The van der Waals surface area contributed by atoms with Gasteiger partial charge in [-0.2, -0.15) is 4.98 Å². The number of nitrogens with one attached hydrogen (secondary N) is 2. The van der Waals surface area contributed by atoms with Crippen molar-refractivity contribution < 1.29 is 9.32 Å². The van der Waals surface area contributed by atoms with Crippen molar-refractivity contribution >= 4 is 11.6 Å².